The minimum atomic E-state index is 0.867. The Balaban J connectivity index is 2.20. The number of rotatable bonds is 3. The molecule has 2 nitrogen and oxygen atoms in total. The summed E-state index contributed by atoms with van der Waals surface area (Å²) >= 11 is 0. The van der Waals surface area contributed by atoms with Gasteiger partial charge in [-0.05, 0) is 49.6 Å². The molecule has 2 aromatic carbocycles. The maximum absolute atomic E-state index is 5.97. The second-order valence-corrected chi connectivity index (χ2v) is 5.34. The third-order valence-corrected chi connectivity index (χ3v) is 3.53. The third kappa shape index (κ3) is 3.08. The van der Waals surface area contributed by atoms with Gasteiger partial charge in [0, 0.05) is 25.0 Å². The number of hydrogen-bond acceptors (Lipinski definition) is 2. The fraction of sp³-hybridized carbons (Fsp3) is 0.294. The van der Waals surface area contributed by atoms with E-state index in [9.17, 15) is 0 Å². The molecule has 19 heavy (non-hydrogen) atoms. The first kappa shape index (κ1) is 13.5. The van der Waals surface area contributed by atoms with E-state index < -0.39 is 0 Å². The quantitative estimate of drug-likeness (QED) is 0.843. The molecule has 2 rings (SSSR count). The van der Waals surface area contributed by atoms with Crippen LogP contribution in [0.3, 0.4) is 0 Å². The summed E-state index contributed by atoms with van der Waals surface area (Å²) in [5, 5.41) is 0. The zero-order valence-corrected chi connectivity index (χ0v) is 12.2. The molecule has 0 unspecified atom stereocenters. The Morgan fingerprint density at radius 2 is 1.68 bits per heavy atom. The van der Waals surface area contributed by atoms with Gasteiger partial charge in [0.2, 0.25) is 0 Å². The number of benzene rings is 2. The Labute approximate surface area is 115 Å². The van der Waals surface area contributed by atoms with Gasteiger partial charge in [0.25, 0.3) is 0 Å². The third-order valence-electron chi connectivity index (χ3n) is 3.53. The van der Waals surface area contributed by atoms with E-state index in [1.54, 1.807) is 0 Å². The Kier molecular flexibility index (Phi) is 3.79. The van der Waals surface area contributed by atoms with Crippen molar-refractivity contribution >= 4 is 11.4 Å². The maximum atomic E-state index is 5.97. The van der Waals surface area contributed by atoms with Crippen LogP contribution in [0, 0.1) is 20.8 Å². The predicted molar refractivity (Wildman–Crippen MR) is 83.6 cm³/mol. The van der Waals surface area contributed by atoms with Gasteiger partial charge in [-0.15, -0.1) is 0 Å². The van der Waals surface area contributed by atoms with Crippen molar-refractivity contribution in [2.45, 2.75) is 27.3 Å². The minimum Gasteiger partial charge on any atom is -0.399 e. The van der Waals surface area contributed by atoms with E-state index in [0.29, 0.717) is 0 Å². The molecule has 0 aliphatic heterocycles. The number of hydrogen-bond donors (Lipinski definition) is 1. The van der Waals surface area contributed by atoms with Crippen LogP contribution in [-0.2, 0) is 6.54 Å². The highest BCUT2D eigenvalue weighted by atomic mass is 15.1. The first-order chi connectivity index (χ1) is 8.97. The summed E-state index contributed by atoms with van der Waals surface area (Å²) in [6.07, 6.45) is 0. The van der Waals surface area contributed by atoms with Crippen molar-refractivity contribution in [2.75, 3.05) is 17.7 Å². The second-order valence-electron chi connectivity index (χ2n) is 5.34. The number of nitrogens with zero attached hydrogens (tertiary/aromatic N) is 1. The van der Waals surface area contributed by atoms with E-state index in [4.69, 9.17) is 5.73 Å². The zero-order chi connectivity index (χ0) is 14.0. The number of nitrogens with two attached hydrogens (primary N) is 1. The molecule has 0 saturated carbocycles. The Hall–Kier alpha value is -1.96. The van der Waals surface area contributed by atoms with E-state index >= 15 is 0 Å². The van der Waals surface area contributed by atoms with Crippen molar-refractivity contribution in [2.24, 2.45) is 0 Å². The van der Waals surface area contributed by atoms with Gasteiger partial charge in [-0.2, -0.15) is 0 Å². The average Bonchev–Trinajstić information content (AvgIpc) is 2.33. The van der Waals surface area contributed by atoms with Gasteiger partial charge in [0.1, 0.15) is 0 Å². The standard InChI is InChI=1S/C17H22N2/c1-12-5-8-17(14(3)9-12)19(4)11-15-7-6-13(2)16(18)10-15/h5-10H,11,18H2,1-4H3. The molecule has 0 aromatic heterocycles. The first-order valence-corrected chi connectivity index (χ1v) is 6.61. The van der Waals surface area contributed by atoms with Crippen molar-refractivity contribution in [3.05, 3.63) is 58.7 Å². The molecule has 0 bridgehead atoms. The second kappa shape index (κ2) is 5.35. The van der Waals surface area contributed by atoms with Gasteiger partial charge in [0.05, 0.1) is 0 Å². The van der Waals surface area contributed by atoms with Crippen LogP contribution in [0.15, 0.2) is 36.4 Å². The molecule has 2 aromatic rings. The topological polar surface area (TPSA) is 29.3 Å². The largest absolute Gasteiger partial charge is 0.399 e. The van der Waals surface area contributed by atoms with Gasteiger partial charge < -0.3 is 10.6 Å². The van der Waals surface area contributed by atoms with Crippen LogP contribution in [0.25, 0.3) is 0 Å². The van der Waals surface area contributed by atoms with Crippen LogP contribution in [-0.4, -0.2) is 7.05 Å². The molecule has 0 fully saturated rings. The molecule has 0 radical (unpaired) electrons. The highest BCUT2D eigenvalue weighted by molar-refractivity contribution is 5.55. The van der Waals surface area contributed by atoms with Crippen LogP contribution >= 0.6 is 0 Å². The van der Waals surface area contributed by atoms with Crippen LogP contribution in [0.2, 0.25) is 0 Å². The number of anilines is 2. The highest BCUT2D eigenvalue weighted by Gasteiger charge is 2.06. The summed E-state index contributed by atoms with van der Waals surface area (Å²) in [5.41, 5.74) is 13.1. The van der Waals surface area contributed by atoms with Gasteiger partial charge >= 0.3 is 0 Å². The Morgan fingerprint density at radius 3 is 2.32 bits per heavy atom. The van der Waals surface area contributed by atoms with Crippen LogP contribution < -0.4 is 10.6 Å². The summed E-state index contributed by atoms with van der Waals surface area (Å²) in [5.74, 6) is 0. The van der Waals surface area contributed by atoms with Gasteiger partial charge in [-0.25, -0.2) is 0 Å². The van der Waals surface area contributed by atoms with Crippen molar-refractivity contribution in [1.82, 2.24) is 0 Å². The summed E-state index contributed by atoms with van der Waals surface area (Å²) in [7, 11) is 2.12. The smallest absolute Gasteiger partial charge is 0.0427 e. The molecule has 0 atom stereocenters. The van der Waals surface area contributed by atoms with Gasteiger partial charge in [-0.3, -0.25) is 0 Å². The van der Waals surface area contributed by atoms with Crippen molar-refractivity contribution < 1.29 is 0 Å². The molecule has 2 heteroatoms. The Morgan fingerprint density at radius 1 is 0.947 bits per heavy atom. The average molecular weight is 254 g/mol. The van der Waals surface area contributed by atoms with Gasteiger partial charge in [0.15, 0.2) is 0 Å². The summed E-state index contributed by atoms with van der Waals surface area (Å²) in [6, 6.07) is 12.8. The summed E-state index contributed by atoms with van der Waals surface area (Å²) < 4.78 is 0. The fourth-order valence-corrected chi connectivity index (χ4v) is 2.38. The normalized spacial score (nSPS) is 10.5. The van der Waals surface area contributed by atoms with Crippen molar-refractivity contribution in [1.29, 1.82) is 0 Å². The van der Waals surface area contributed by atoms with Crippen LogP contribution in [0.5, 0.6) is 0 Å². The lowest BCUT2D eigenvalue weighted by molar-refractivity contribution is 0.916. The minimum absolute atomic E-state index is 0.867. The molecule has 0 heterocycles. The van der Waals surface area contributed by atoms with Crippen LogP contribution in [0.4, 0.5) is 11.4 Å². The lowest BCUT2D eigenvalue weighted by Gasteiger charge is -2.22. The summed E-state index contributed by atoms with van der Waals surface area (Å²) in [6.45, 7) is 7.18. The molecular weight excluding hydrogens is 232 g/mol. The number of nitrogen functional groups attached to an aromatic ring is 1. The zero-order valence-electron chi connectivity index (χ0n) is 12.2. The highest BCUT2D eigenvalue weighted by Crippen LogP contribution is 2.22. The maximum Gasteiger partial charge on any atom is 0.0427 e. The van der Waals surface area contributed by atoms with E-state index in [-0.39, 0.29) is 0 Å². The van der Waals surface area contributed by atoms with Crippen LogP contribution in [0.1, 0.15) is 22.3 Å². The molecule has 2 N–H and O–H groups in total. The van der Waals surface area contributed by atoms with Crippen molar-refractivity contribution in [3.8, 4) is 0 Å². The molecule has 0 aliphatic rings. The predicted octanol–water partition coefficient (Wildman–Crippen LogP) is 3.83. The summed E-state index contributed by atoms with van der Waals surface area (Å²) in [4.78, 5) is 2.26. The number of aryl methyl sites for hydroxylation is 3. The first-order valence-electron chi connectivity index (χ1n) is 6.61. The molecule has 0 amide bonds. The fourth-order valence-electron chi connectivity index (χ4n) is 2.38. The Bertz CT molecular complexity index is 588. The lowest BCUT2D eigenvalue weighted by atomic mass is 10.1. The monoisotopic (exact) mass is 254 g/mol. The SMILES string of the molecule is Cc1ccc(N(C)Cc2ccc(C)c(N)c2)c(C)c1. The lowest BCUT2D eigenvalue weighted by Crippen LogP contribution is -2.17. The molecule has 0 aliphatic carbocycles. The molecule has 100 valence electrons. The van der Waals surface area contributed by atoms with Gasteiger partial charge in [-0.1, -0.05) is 29.8 Å². The van der Waals surface area contributed by atoms with E-state index in [2.05, 4.69) is 62.2 Å². The molecular formula is C17H22N2. The van der Waals surface area contributed by atoms with E-state index in [1.165, 1.54) is 22.4 Å². The van der Waals surface area contributed by atoms with Crippen molar-refractivity contribution in [3.63, 3.8) is 0 Å². The van der Waals surface area contributed by atoms with E-state index in [1.807, 2.05) is 6.92 Å². The molecule has 0 spiro atoms. The molecule has 0 saturated heterocycles. The van der Waals surface area contributed by atoms with E-state index in [0.717, 1.165) is 17.8 Å².